The molecule has 0 bridgehead atoms. The van der Waals surface area contributed by atoms with Gasteiger partial charge < -0.3 is 4.74 Å². The Kier molecular flexibility index (Phi) is 5.28. The molecule has 0 aliphatic heterocycles. The molecular formula is C17H15BrO3. The molecule has 2 rings (SSSR count). The summed E-state index contributed by atoms with van der Waals surface area (Å²) in [6, 6.07) is 13.8. The third-order valence-electron chi connectivity index (χ3n) is 2.93. The first-order valence-corrected chi connectivity index (χ1v) is 7.51. The van der Waals surface area contributed by atoms with E-state index in [4.69, 9.17) is 4.74 Å². The van der Waals surface area contributed by atoms with Crippen molar-refractivity contribution >= 4 is 27.7 Å². The van der Waals surface area contributed by atoms with Gasteiger partial charge in [0.25, 0.3) is 0 Å². The average Bonchev–Trinajstić information content (AvgIpc) is 2.48. The highest BCUT2D eigenvalue weighted by Gasteiger charge is 2.16. The molecule has 0 atom stereocenters. The number of esters is 1. The van der Waals surface area contributed by atoms with Crippen molar-refractivity contribution < 1.29 is 14.3 Å². The summed E-state index contributed by atoms with van der Waals surface area (Å²) in [7, 11) is 0. The first kappa shape index (κ1) is 15.4. The third kappa shape index (κ3) is 4.02. The van der Waals surface area contributed by atoms with Crippen molar-refractivity contribution in [3.63, 3.8) is 0 Å². The van der Waals surface area contributed by atoms with Crippen molar-refractivity contribution in [2.75, 3.05) is 0 Å². The minimum absolute atomic E-state index is 0.0270. The molecule has 21 heavy (non-hydrogen) atoms. The van der Waals surface area contributed by atoms with E-state index in [1.54, 1.807) is 42.5 Å². The highest BCUT2D eigenvalue weighted by atomic mass is 79.9. The lowest BCUT2D eigenvalue weighted by Crippen LogP contribution is -2.11. The highest BCUT2D eigenvalue weighted by molar-refractivity contribution is 9.10. The lowest BCUT2D eigenvalue weighted by atomic mass is 10.1. The number of benzene rings is 2. The van der Waals surface area contributed by atoms with Crippen LogP contribution in [-0.4, -0.2) is 11.8 Å². The summed E-state index contributed by atoms with van der Waals surface area (Å²) < 4.78 is 6.15. The van der Waals surface area contributed by atoms with Gasteiger partial charge in [0, 0.05) is 10.9 Å². The Labute approximate surface area is 132 Å². The molecule has 0 amide bonds. The third-order valence-corrected chi connectivity index (χ3v) is 3.43. The Morgan fingerprint density at radius 1 is 1.10 bits per heavy atom. The number of halogens is 1. The van der Waals surface area contributed by atoms with E-state index in [0.717, 1.165) is 10.9 Å². The maximum absolute atomic E-state index is 12.1. The Morgan fingerprint density at radius 3 is 2.48 bits per heavy atom. The van der Waals surface area contributed by atoms with E-state index in [9.17, 15) is 9.59 Å². The number of hydrogen-bond acceptors (Lipinski definition) is 3. The van der Waals surface area contributed by atoms with E-state index in [1.165, 1.54) is 0 Å². The van der Waals surface area contributed by atoms with Crippen LogP contribution in [0.1, 0.15) is 40.5 Å². The van der Waals surface area contributed by atoms with Gasteiger partial charge >= 0.3 is 5.97 Å². The van der Waals surface area contributed by atoms with E-state index < -0.39 is 5.97 Å². The molecule has 0 unspecified atom stereocenters. The zero-order valence-electron chi connectivity index (χ0n) is 11.6. The minimum Gasteiger partial charge on any atom is -0.422 e. The van der Waals surface area contributed by atoms with Gasteiger partial charge in [-0.3, -0.25) is 4.79 Å². The summed E-state index contributed by atoms with van der Waals surface area (Å²) in [6.45, 7) is 1.94. The van der Waals surface area contributed by atoms with Crippen LogP contribution in [0.3, 0.4) is 0 Å². The molecule has 2 aromatic carbocycles. The van der Waals surface area contributed by atoms with Gasteiger partial charge in [0.2, 0.25) is 0 Å². The lowest BCUT2D eigenvalue weighted by molar-refractivity contribution is 0.0732. The molecule has 0 radical (unpaired) electrons. The molecule has 0 aromatic heterocycles. The van der Waals surface area contributed by atoms with Gasteiger partial charge in [-0.2, -0.15) is 0 Å². The van der Waals surface area contributed by atoms with Gasteiger partial charge in [0.15, 0.2) is 5.78 Å². The van der Waals surface area contributed by atoms with E-state index >= 15 is 0 Å². The second kappa shape index (κ2) is 7.18. The Bertz CT molecular complexity index is 650. The molecule has 0 spiro atoms. The van der Waals surface area contributed by atoms with Crippen LogP contribution in [0.4, 0.5) is 0 Å². The SMILES string of the molecule is CCCC(=O)c1ccc(Br)cc1OC(=O)c1ccccc1. The zero-order valence-corrected chi connectivity index (χ0v) is 13.2. The fourth-order valence-electron chi connectivity index (χ4n) is 1.91. The van der Waals surface area contributed by atoms with Crippen LogP contribution >= 0.6 is 15.9 Å². The smallest absolute Gasteiger partial charge is 0.343 e. The molecule has 0 fully saturated rings. The van der Waals surface area contributed by atoms with Crippen LogP contribution in [0.2, 0.25) is 0 Å². The fraction of sp³-hybridized carbons (Fsp3) is 0.176. The zero-order chi connectivity index (χ0) is 15.2. The van der Waals surface area contributed by atoms with Crippen molar-refractivity contribution in [3.8, 4) is 5.75 Å². The summed E-state index contributed by atoms with van der Waals surface area (Å²) in [6.07, 6.45) is 1.18. The van der Waals surface area contributed by atoms with Crippen LogP contribution < -0.4 is 4.74 Å². The Morgan fingerprint density at radius 2 is 1.81 bits per heavy atom. The monoisotopic (exact) mass is 346 g/mol. The summed E-state index contributed by atoms with van der Waals surface area (Å²) >= 11 is 3.33. The minimum atomic E-state index is -0.473. The molecule has 3 nitrogen and oxygen atoms in total. The van der Waals surface area contributed by atoms with E-state index in [0.29, 0.717) is 17.5 Å². The first-order valence-electron chi connectivity index (χ1n) is 6.71. The van der Waals surface area contributed by atoms with Crippen molar-refractivity contribution in [3.05, 3.63) is 64.1 Å². The molecule has 0 heterocycles. The molecule has 0 saturated carbocycles. The normalized spacial score (nSPS) is 10.2. The number of rotatable bonds is 5. The number of ketones is 1. The lowest BCUT2D eigenvalue weighted by Gasteiger charge is -2.10. The molecule has 0 N–H and O–H groups in total. The molecule has 0 aliphatic rings. The van der Waals surface area contributed by atoms with Gasteiger partial charge in [-0.05, 0) is 36.8 Å². The van der Waals surface area contributed by atoms with Crippen LogP contribution in [-0.2, 0) is 0 Å². The van der Waals surface area contributed by atoms with Crippen LogP contribution in [0.15, 0.2) is 53.0 Å². The van der Waals surface area contributed by atoms with E-state index in [2.05, 4.69) is 15.9 Å². The Hall–Kier alpha value is -1.94. The van der Waals surface area contributed by atoms with Crippen molar-refractivity contribution in [1.82, 2.24) is 0 Å². The topological polar surface area (TPSA) is 43.4 Å². The molecule has 0 aliphatic carbocycles. The second-order valence-corrected chi connectivity index (χ2v) is 5.48. The summed E-state index contributed by atoms with van der Waals surface area (Å²) in [5.41, 5.74) is 0.885. The fourth-order valence-corrected chi connectivity index (χ4v) is 2.25. The maximum Gasteiger partial charge on any atom is 0.343 e. The number of ether oxygens (including phenoxy) is 1. The van der Waals surface area contributed by atoms with Gasteiger partial charge in [-0.1, -0.05) is 41.1 Å². The van der Waals surface area contributed by atoms with E-state index in [1.807, 2.05) is 13.0 Å². The van der Waals surface area contributed by atoms with Crippen molar-refractivity contribution in [2.24, 2.45) is 0 Å². The predicted molar refractivity (Wildman–Crippen MR) is 84.8 cm³/mol. The number of Topliss-reactive ketones (excluding diaryl/α,β-unsaturated/α-hetero) is 1. The quantitative estimate of drug-likeness (QED) is 0.449. The standard InChI is InChI=1S/C17H15BrO3/c1-2-6-15(19)14-10-9-13(18)11-16(14)21-17(20)12-7-4-3-5-8-12/h3-5,7-11H,2,6H2,1H3. The molecular weight excluding hydrogens is 332 g/mol. The summed E-state index contributed by atoms with van der Waals surface area (Å²) in [5.74, 6) is -0.211. The molecule has 2 aromatic rings. The van der Waals surface area contributed by atoms with Crippen LogP contribution in [0.25, 0.3) is 0 Å². The number of carbonyl (C=O) groups excluding carboxylic acids is 2. The molecule has 4 heteroatoms. The molecule has 108 valence electrons. The Balaban J connectivity index is 2.28. The van der Waals surface area contributed by atoms with Crippen molar-refractivity contribution in [1.29, 1.82) is 0 Å². The van der Waals surface area contributed by atoms with Crippen LogP contribution in [0.5, 0.6) is 5.75 Å². The van der Waals surface area contributed by atoms with Crippen molar-refractivity contribution in [2.45, 2.75) is 19.8 Å². The maximum atomic E-state index is 12.1. The molecule has 0 saturated heterocycles. The van der Waals surface area contributed by atoms with Gasteiger partial charge in [-0.25, -0.2) is 4.79 Å². The average molecular weight is 347 g/mol. The van der Waals surface area contributed by atoms with Gasteiger partial charge in [0.05, 0.1) is 11.1 Å². The predicted octanol–water partition coefficient (Wildman–Crippen LogP) is 4.65. The largest absolute Gasteiger partial charge is 0.422 e. The highest BCUT2D eigenvalue weighted by Crippen LogP contribution is 2.26. The number of carbonyl (C=O) groups is 2. The first-order chi connectivity index (χ1) is 10.1. The second-order valence-electron chi connectivity index (χ2n) is 4.57. The summed E-state index contributed by atoms with van der Waals surface area (Å²) in [4.78, 5) is 24.2. The van der Waals surface area contributed by atoms with Crippen LogP contribution in [0, 0.1) is 0 Å². The van der Waals surface area contributed by atoms with Gasteiger partial charge in [0.1, 0.15) is 5.75 Å². The van der Waals surface area contributed by atoms with E-state index in [-0.39, 0.29) is 11.5 Å². The number of hydrogen-bond donors (Lipinski definition) is 0. The summed E-state index contributed by atoms with van der Waals surface area (Å²) in [5, 5.41) is 0. The van der Waals surface area contributed by atoms with Gasteiger partial charge in [-0.15, -0.1) is 0 Å².